The Balaban J connectivity index is 2.00. The fraction of sp³-hybridized carbons (Fsp3) is 0.250. The van der Waals surface area contributed by atoms with Gasteiger partial charge in [-0.3, -0.25) is 9.69 Å². The molecule has 0 atom stereocenters. The second-order valence-corrected chi connectivity index (χ2v) is 5.02. The van der Waals surface area contributed by atoms with Crippen molar-refractivity contribution in [3.8, 4) is 0 Å². The highest BCUT2D eigenvalue weighted by Gasteiger charge is 2.11. The van der Waals surface area contributed by atoms with Gasteiger partial charge in [0.05, 0.1) is 6.54 Å². The Morgan fingerprint density at radius 2 is 2.00 bits per heavy atom. The van der Waals surface area contributed by atoms with Crippen LogP contribution in [0.25, 0.3) is 0 Å². The molecule has 6 nitrogen and oxygen atoms in total. The summed E-state index contributed by atoms with van der Waals surface area (Å²) in [6.45, 7) is 1.10. The van der Waals surface area contributed by atoms with Crippen molar-refractivity contribution in [3.63, 3.8) is 0 Å². The molecular weight excluding hydrogens is 284 g/mol. The monoisotopic (exact) mass is 302 g/mol. The van der Waals surface area contributed by atoms with Crippen LogP contribution in [-0.4, -0.2) is 36.0 Å². The molecule has 0 fully saturated rings. The van der Waals surface area contributed by atoms with Gasteiger partial charge in [-0.25, -0.2) is 4.79 Å². The van der Waals surface area contributed by atoms with E-state index in [9.17, 15) is 9.59 Å². The molecule has 1 aromatic carbocycles. The van der Waals surface area contributed by atoms with E-state index < -0.39 is 5.97 Å². The second-order valence-electron chi connectivity index (χ2n) is 5.02. The van der Waals surface area contributed by atoms with Crippen molar-refractivity contribution < 1.29 is 19.1 Å². The molecule has 0 saturated carbocycles. The molecule has 0 spiro atoms. The quantitative estimate of drug-likeness (QED) is 0.852. The summed E-state index contributed by atoms with van der Waals surface area (Å²) in [5.41, 5.74) is 1.60. The van der Waals surface area contributed by atoms with E-state index in [1.807, 2.05) is 30.1 Å². The van der Waals surface area contributed by atoms with E-state index in [2.05, 4.69) is 5.32 Å². The van der Waals surface area contributed by atoms with Gasteiger partial charge in [0.2, 0.25) is 5.76 Å². The number of hydrogen-bond acceptors (Lipinski definition) is 4. The number of hydrogen-bond donors (Lipinski definition) is 2. The Bertz CT molecular complexity index is 678. The lowest BCUT2D eigenvalue weighted by Gasteiger charge is -2.15. The molecule has 116 valence electrons. The molecular formula is C16H18N2O4. The van der Waals surface area contributed by atoms with Crippen molar-refractivity contribution in [2.24, 2.45) is 0 Å². The smallest absolute Gasteiger partial charge is 0.371 e. The molecule has 6 heteroatoms. The van der Waals surface area contributed by atoms with Gasteiger partial charge >= 0.3 is 5.97 Å². The number of carbonyl (C=O) groups is 2. The maximum atomic E-state index is 11.6. The largest absolute Gasteiger partial charge is 0.475 e. The van der Waals surface area contributed by atoms with Crippen LogP contribution in [0.4, 0.5) is 0 Å². The summed E-state index contributed by atoms with van der Waals surface area (Å²) >= 11 is 0. The summed E-state index contributed by atoms with van der Waals surface area (Å²) < 4.78 is 5.23. The lowest BCUT2D eigenvalue weighted by Crippen LogP contribution is -2.19. The van der Waals surface area contributed by atoms with Crippen molar-refractivity contribution in [2.75, 3.05) is 14.1 Å². The molecule has 2 N–H and O–H groups in total. The average Bonchev–Trinajstić information content (AvgIpc) is 2.95. The number of amides is 1. The molecule has 2 aromatic rings. The zero-order chi connectivity index (χ0) is 16.1. The second kappa shape index (κ2) is 6.91. The minimum atomic E-state index is -1.08. The zero-order valence-electron chi connectivity index (χ0n) is 12.5. The van der Waals surface area contributed by atoms with E-state index in [0.717, 1.165) is 5.56 Å². The standard InChI is InChI=1S/C16H18N2O4/c1-17-15(19)12-5-3-4-11(8-12)9-18(2)10-13-6-7-14(22-13)16(20)21/h3-8H,9-10H2,1-2H3,(H,17,19)(H,20,21). The first kappa shape index (κ1) is 15.8. The number of carboxylic acids is 1. The minimum absolute atomic E-state index is 0.0648. The third-order valence-electron chi connectivity index (χ3n) is 3.17. The van der Waals surface area contributed by atoms with E-state index in [0.29, 0.717) is 24.4 Å². The Morgan fingerprint density at radius 3 is 2.64 bits per heavy atom. The average molecular weight is 302 g/mol. The van der Waals surface area contributed by atoms with E-state index in [1.165, 1.54) is 6.07 Å². The summed E-state index contributed by atoms with van der Waals surface area (Å²) in [5, 5.41) is 11.4. The van der Waals surface area contributed by atoms with Crippen LogP contribution in [0.5, 0.6) is 0 Å². The molecule has 1 amide bonds. The van der Waals surface area contributed by atoms with Crippen LogP contribution in [-0.2, 0) is 13.1 Å². The normalized spacial score (nSPS) is 10.7. The number of rotatable bonds is 6. The van der Waals surface area contributed by atoms with Crippen LogP contribution in [0.15, 0.2) is 40.8 Å². The van der Waals surface area contributed by atoms with Crippen molar-refractivity contribution >= 4 is 11.9 Å². The van der Waals surface area contributed by atoms with Gasteiger partial charge in [0, 0.05) is 19.2 Å². The Kier molecular flexibility index (Phi) is 4.95. The Hall–Kier alpha value is -2.60. The lowest BCUT2D eigenvalue weighted by molar-refractivity contribution is 0.0658. The fourth-order valence-electron chi connectivity index (χ4n) is 2.17. The number of furan rings is 1. The Labute approximate surface area is 128 Å². The van der Waals surface area contributed by atoms with Crippen molar-refractivity contribution in [3.05, 3.63) is 59.0 Å². The van der Waals surface area contributed by atoms with E-state index in [1.54, 1.807) is 19.2 Å². The molecule has 0 bridgehead atoms. The van der Waals surface area contributed by atoms with Gasteiger partial charge in [-0.2, -0.15) is 0 Å². The van der Waals surface area contributed by atoms with Crippen LogP contribution in [0.1, 0.15) is 32.2 Å². The number of nitrogens with one attached hydrogen (secondary N) is 1. The molecule has 0 saturated heterocycles. The van der Waals surface area contributed by atoms with Gasteiger partial charge in [0.15, 0.2) is 0 Å². The van der Waals surface area contributed by atoms with Crippen LogP contribution in [0, 0.1) is 0 Å². The number of benzene rings is 1. The number of carbonyl (C=O) groups excluding carboxylic acids is 1. The molecule has 0 aliphatic rings. The molecule has 2 rings (SSSR count). The van der Waals surface area contributed by atoms with Gasteiger partial charge in [0.1, 0.15) is 5.76 Å². The highest BCUT2D eigenvalue weighted by molar-refractivity contribution is 5.94. The van der Waals surface area contributed by atoms with Crippen molar-refractivity contribution in [2.45, 2.75) is 13.1 Å². The summed E-state index contributed by atoms with van der Waals surface area (Å²) in [6.07, 6.45) is 0. The lowest BCUT2D eigenvalue weighted by atomic mass is 10.1. The van der Waals surface area contributed by atoms with Crippen LogP contribution >= 0.6 is 0 Å². The molecule has 1 heterocycles. The van der Waals surface area contributed by atoms with E-state index in [-0.39, 0.29) is 11.7 Å². The SMILES string of the molecule is CNC(=O)c1cccc(CN(C)Cc2ccc(C(=O)O)o2)c1. The summed E-state index contributed by atoms with van der Waals surface area (Å²) in [5.74, 6) is -0.679. The predicted octanol–water partition coefficient (Wildman–Crippen LogP) is 1.97. The van der Waals surface area contributed by atoms with E-state index >= 15 is 0 Å². The van der Waals surface area contributed by atoms with Gasteiger partial charge < -0.3 is 14.8 Å². The maximum absolute atomic E-state index is 11.6. The first-order valence-electron chi connectivity index (χ1n) is 6.81. The first-order chi connectivity index (χ1) is 10.5. The minimum Gasteiger partial charge on any atom is -0.475 e. The van der Waals surface area contributed by atoms with Crippen LogP contribution in [0.3, 0.4) is 0 Å². The molecule has 0 aliphatic heterocycles. The maximum Gasteiger partial charge on any atom is 0.371 e. The zero-order valence-corrected chi connectivity index (χ0v) is 12.5. The molecule has 0 radical (unpaired) electrons. The van der Waals surface area contributed by atoms with Gasteiger partial charge in [-0.15, -0.1) is 0 Å². The summed E-state index contributed by atoms with van der Waals surface area (Å²) in [6, 6.07) is 10.5. The van der Waals surface area contributed by atoms with Gasteiger partial charge in [-0.1, -0.05) is 12.1 Å². The summed E-state index contributed by atoms with van der Waals surface area (Å²) in [7, 11) is 3.49. The Morgan fingerprint density at radius 1 is 1.23 bits per heavy atom. The molecule has 1 aromatic heterocycles. The van der Waals surface area contributed by atoms with Gasteiger partial charge in [-0.05, 0) is 36.9 Å². The number of carboxylic acid groups (broad SMARTS) is 1. The highest BCUT2D eigenvalue weighted by atomic mass is 16.4. The fourth-order valence-corrected chi connectivity index (χ4v) is 2.17. The van der Waals surface area contributed by atoms with E-state index in [4.69, 9.17) is 9.52 Å². The van der Waals surface area contributed by atoms with Crippen LogP contribution in [0.2, 0.25) is 0 Å². The first-order valence-corrected chi connectivity index (χ1v) is 6.81. The molecule has 0 unspecified atom stereocenters. The van der Waals surface area contributed by atoms with Crippen molar-refractivity contribution in [1.82, 2.24) is 10.2 Å². The summed E-state index contributed by atoms with van der Waals surface area (Å²) in [4.78, 5) is 24.4. The molecule has 22 heavy (non-hydrogen) atoms. The van der Waals surface area contributed by atoms with Crippen molar-refractivity contribution in [1.29, 1.82) is 0 Å². The third kappa shape index (κ3) is 3.95. The number of aromatic carboxylic acids is 1. The molecule has 0 aliphatic carbocycles. The topological polar surface area (TPSA) is 82.8 Å². The predicted molar refractivity (Wildman–Crippen MR) is 80.7 cm³/mol. The van der Waals surface area contributed by atoms with Gasteiger partial charge in [0.25, 0.3) is 5.91 Å². The number of nitrogens with zero attached hydrogens (tertiary/aromatic N) is 1. The highest BCUT2D eigenvalue weighted by Crippen LogP contribution is 2.13. The van der Waals surface area contributed by atoms with Crippen LogP contribution < -0.4 is 5.32 Å². The third-order valence-corrected chi connectivity index (χ3v) is 3.17.